The summed E-state index contributed by atoms with van der Waals surface area (Å²) >= 11 is 0. The summed E-state index contributed by atoms with van der Waals surface area (Å²) in [6.45, 7) is 0. The second kappa shape index (κ2) is 6.65. The Morgan fingerprint density at radius 3 is 2.79 bits per heavy atom. The lowest BCUT2D eigenvalue weighted by Gasteiger charge is -2.08. The van der Waals surface area contributed by atoms with Crippen LogP contribution in [0.15, 0.2) is 57.9 Å². The maximum Gasteiger partial charge on any atom is 0.444 e. The Morgan fingerprint density at radius 1 is 1.21 bits per heavy atom. The van der Waals surface area contributed by atoms with Gasteiger partial charge in [-0.15, -0.1) is 0 Å². The van der Waals surface area contributed by atoms with Gasteiger partial charge in [0.05, 0.1) is 12.8 Å². The molecule has 2 N–H and O–H groups in total. The summed E-state index contributed by atoms with van der Waals surface area (Å²) in [4.78, 5) is 27.7. The number of rotatable bonds is 4. The van der Waals surface area contributed by atoms with E-state index in [-0.39, 0.29) is 6.08 Å². The van der Waals surface area contributed by atoms with E-state index in [1.165, 1.54) is 7.11 Å². The van der Waals surface area contributed by atoms with E-state index in [1.807, 2.05) is 0 Å². The number of carbonyl (C=O) groups is 1. The highest BCUT2D eigenvalue weighted by Crippen LogP contribution is 2.14. The molecular formula is C15H13N5O4. The molecule has 0 unspecified atom stereocenters. The zero-order valence-electron chi connectivity index (χ0n) is 12.6. The molecule has 9 heteroatoms. The van der Waals surface area contributed by atoms with Gasteiger partial charge in [0.2, 0.25) is 0 Å². The fraction of sp³-hybridized carbons (Fsp3) is 0.0667. The van der Waals surface area contributed by atoms with Gasteiger partial charge in [0.1, 0.15) is 5.82 Å². The van der Waals surface area contributed by atoms with E-state index >= 15 is 0 Å². The molecule has 0 bridgehead atoms. The predicted molar refractivity (Wildman–Crippen MR) is 85.5 cm³/mol. The normalized spacial score (nSPS) is 10.2. The number of pyridine rings is 1. The highest BCUT2D eigenvalue weighted by Gasteiger charge is 2.11. The Kier molecular flexibility index (Phi) is 4.23. The van der Waals surface area contributed by atoms with Crippen LogP contribution in [0.3, 0.4) is 0 Å². The van der Waals surface area contributed by atoms with Crippen LogP contribution < -0.4 is 21.1 Å². The lowest BCUT2D eigenvalue weighted by Crippen LogP contribution is -2.20. The number of benzene rings is 1. The molecule has 2 amide bonds. The summed E-state index contributed by atoms with van der Waals surface area (Å²) in [5.74, 6) is -0.273. The Bertz CT molecular complexity index is 903. The van der Waals surface area contributed by atoms with Crippen LogP contribution in [0.1, 0.15) is 0 Å². The number of anilines is 2. The first-order valence-electron chi connectivity index (χ1n) is 6.89. The molecule has 3 rings (SSSR count). The van der Waals surface area contributed by atoms with E-state index in [2.05, 4.69) is 20.7 Å². The molecule has 0 saturated heterocycles. The number of ether oxygens (including phenoxy) is 1. The first-order chi connectivity index (χ1) is 11.7. The molecule has 122 valence electrons. The maximum absolute atomic E-state index is 12.0. The minimum atomic E-state index is -0.693. The van der Waals surface area contributed by atoms with Gasteiger partial charge in [-0.3, -0.25) is 5.32 Å². The predicted octanol–water partition coefficient (Wildman–Crippen LogP) is 1.87. The second-order valence-electron chi connectivity index (χ2n) is 4.59. The number of carbonyl (C=O) groups excluding carboxylic acids is 1. The number of hydrogen-bond acceptors (Lipinski definition) is 6. The van der Waals surface area contributed by atoms with Crippen molar-refractivity contribution in [3.8, 4) is 11.8 Å². The highest BCUT2D eigenvalue weighted by molar-refractivity contribution is 5.99. The van der Waals surface area contributed by atoms with Crippen LogP contribution in [-0.2, 0) is 0 Å². The Hall–Kier alpha value is -3.62. The third kappa shape index (κ3) is 3.40. The summed E-state index contributed by atoms with van der Waals surface area (Å²) in [6.07, 6.45) is 1.42. The number of urea groups is 1. The molecule has 2 aromatic heterocycles. The lowest BCUT2D eigenvalue weighted by molar-refractivity contribution is 0.262. The third-order valence-corrected chi connectivity index (χ3v) is 2.96. The summed E-state index contributed by atoms with van der Waals surface area (Å²) in [6, 6.07) is 11.3. The number of hydrogen-bond donors (Lipinski definition) is 2. The molecule has 1 aromatic carbocycles. The summed E-state index contributed by atoms with van der Waals surface area (Å²) in [5, 5.41) is 9.10. The summed E-state index contributed by atoms with van der Waals surface area (Å²) < 4.78 is 10.6. The van der Waals surface area contributed by atoms with Crippen LogP contribution in [0, 0.1) is 0 Å². The third-order valence-electron chi connectivity index (χ3n) is 2.96. The van der Waals surface area contributed by atoms with E-state index in [0.29, 0.717) is 17.2 Å². The number of methoxy groups -OCH3 is 1. The monoisotopic (exact) mass is 327 g/mol. The lowest BCUT2D eigenvalue weighted by atomic mass is 10.3. The fourth-order valence-corrected chi connectivity index (χ4v) is 1.94. The highest BCUT2D eigenvalue weighted by atomic mass is 16.6. The van der Waals surface area contributed by atoms with Crippen molar-refractivity contribution in [3.63, 3.8) is 0 Å². The van der Waals surface area contributed by atoms with E-state index in [4.69, 9.17) is 9.15 Å². The molecule has 0 aliphatic rings. The zero-order chi connectivity index (χ0) is 16.9. The first kappa shape index (κ1) is 15.3. The number of aromatic nitrogens is 3. The topological polar surface area (TPSA) is 111 Å². The van der Waals surface area contributed by atoms with Gasteiger partial charge in [-0.25, -0.2) is 14.6 Å². The van der Waals surface area contributed by atoms with E-state index in [9.17, 15) is 9.59 Å². The largest absolute Gasteiger partial charge is 0.452 e. The number of amides is 2. The molecule has 0 aliphatic heterocycles. The van der Waals surface area contributed by atoms with Crippen molar-refractivity contribution in [2.75, 3.05) is 17.7 Å². The molecular weight excluding hydrogens is 314 g/mol. The molecule has 0 spiro atoms. The fourth-order valence-electron chi connectivity index (χ4n) is 1.94. The van der Waals surface area contributed by atoms with Crippen molar-refractivity contribution in [1.82, 2.24) is 14.8 Å². The van der Waals surface area contributed by atoms with Gasteiger partial charge in [-0.1, -0.05) is 17.2 Å². The Labute approximate surface area is 135 Å². The van der Waals surface area contributed by atoms with Crippen LogP contribution >= 0.6 is 0 Å². The summed E-state index contributed by atoms with van der Waals surface area (Å²) in [7, 11) is 1.34. The minimum absolute atomic E-state index is 0.147. The SMILES string of the molecule is COc1nn(-c2cccc(NC(=O)Nc3ccccn3)c2)c(=O)o1. The Morgan fingerprint density at radius 2 is 2.08 bits per heavy atom. The average molecular weight is 327 g/mol. The van der Waals surface area contributed by atoms with Crippen molar-refractivity contribution in [3.05, 3.63) is 59.2 Å². The molecule has 0 aliphatic carbocycles. The van der Waals surface area contributed by atoms with Gasteiger partial charge < -0.3 is 14.5 Å². The quantitative estimate of drug-likeness (QED) is 0.757. The van der Waals surface area contributed by atoms with Gasteiger partial charge in [0.15, 0.2) is 0 Å². The van der Waals surface area contributed by atoms with Crippen LogP contribution in [0.4, 0.5) is 16.3 Å². The molecule has 0 radical (unpaired) electrons. The first-order valence-corrected chi connectivity index (χ1v) is 6.89. The van der Waals surface area contributed by atoms with Gasteiger partial charge in [0, 0.05) is 11.9 Å². The standard InChI is InChI=1S/C15H13N5O4/c1-23-14-19-20(15(22)24-14)11-6-4-5-10(9-11)17-13(21)18-12-7-2-3-8-16-12/h2-9H,1H3,(H2,16,17,18,21). The van der Waals surface area contributed by atoms with Crippen molar-refractivity contribution >= 4 is 17.5 Å². The van der Waals surface area contributed by atoms with Gasteiger partial charge in [0.25, 0.3) is 0 Å². The molecule has 9 nitrogen and oxygen atoms in total. The molecule has 0 saturated carbocycles. The van der Waals surface area contributed by atoms with Crippen LogP contribution in [-0.4, -0.2) is 27.9 Å². The second-order valence-corrected chi connectivity index (χ2v) is 4.59. The molecule has 3 aromatic rings. The van der Waals surface area contributed by atoms with Gasteiger partial charge in [-0.2, -0.15) is 4.68 Å². The van der Waals surface area contributed by atoms with E-state index in [1.54, 1.807) is 48.7 Å². The number of nitrogens with zero attached hydrogens (tertiary/aromatic N) is 3. The van der Waals surface area contributed by atoms with Crippen molar-refractivity contribution < 1.29 is 13.9 Å². The van der Waals surface area contributed by atoms with Crippen molar-refractivity contribution in [2.45, 2.75) is 0 Å². The van der Waals surface area contributed by atoms with Gasteiger partial charge >= 0.3 is 17.9 Å². The smallest absolute Gasteiger partial charge is 0.444 e. The van der Waals surface area contributed by atoms with Crippen LogP contribution in [0.25, 0.3) is 5.69 Å². The average Bonchev–Trinajstić information content (AvgIpc) is 2.97. The summed E-state index contributed by atoms with van der Waals surface area (Å²) in [5.41, 5.74) is 0.887. The van der Waals surface area contributed by atoms with Crippen LogP contribution in [0.5, 0.6) is 6.08 Å². The van der Waals surface area contributed by atoms with E-state index < -0.39 is 11.8 Å². The molecule has 0 atom stereocenters. The van der Waals surface area contributed by atoms with Crippen molar-refractivity contribution in [2.24, 2.45) is 0 Å². The van der Waals surface area contributed by atoms with Crippen LogP contribution in [0.2, 0.25) is 0 Å². The minimum Gasteiger partial charge on any atom is -0.452 e. The van der Waals surface area contributed by atoms with E-state index in [0.717, 1.165) is 4.68 Å². The maximum atomic E-state index is 12.0. The zero-order valence-corrected chi connectivity index (χ0v) is 12.6. The Balaban J connectivity index is 1.77. The molecule has 2 heterocycles. The number of nitrogens with one attached hydrogen (secondary N) is 2. The van der Waals surface area contributed by atoms with Gasteiger partial charge in [-0.05, 0) is 30.3 Å². The molecule has 24 heavy (non-hydrogen) atoms. The molecule has 0 fully saturated rings. The van der Waals surface area contributed by atoms with Crippen molar-refractivity contribution in [1.29, 1.82) is 0 Å².